The van der Waals surface area contributed by atoms with Gasteiger partial charge in [0.15, 0.2) is 0 Å². The van der Waals surface area contributed by atoms with E-state index in [0.717, 1.165) is 35.6 Å². The number of fused-ring (bicyclic) bond motifs is 1. The zero-order valence-corrected chi connectivity index (χ0v) is 12.1. The Hall–Kier alpha value is -2.59. The van der Waals surface area contributed by atoms with Crippen molar-refractivity contribution in [1.29, 1.82) is 0 Å². The molecule has 4 heteroatoms. The molecule has 0 amide bonds. The van der Waals surface area contributed by atoms with Gasteiger partial charge in [0.05, 0.1) is 25.1 Å². The highest BCUT2D eigenvalue weighted by Crippen LogP contribution is 2.20. The molecule has 4 nitrogen and oxygen atoms in total. The van der Waals surface area contributed by atoms with Crippen LogP contribution in [0, 0.1) is 0 Å². The summed E-state index contributed by atoms with van der Waals surface area (Å²) < 4.78 is 11.1. The molecular formula is C18H16N2O2. The first kappa shape index (κ1) is 13.1. The van der Waals surface area contributed by atoms with E-state index in [1.165, 1.54) is 0 Å². The molecule has 3 aromatic rings. The maximum absolute atomic E-state index is 5.77. The average Bonchev–Trinajstić information content (AvgIpc) is 3.28. The van der Waals surface area contributed by atoms with Crippen molar-refractivity contribution in [3.05, 3.63) is 66.4 Å². The van der Waals surface area contributed by atoms with Gasteiger partial charge in [-0.3, -0.25) is 5.01 Å². The van der Waals surface area contributed by atoms with Crippen LogP contribution in [0.1, 0.15) is 5.76 Å². The maximum Gasteiger partial charge on any atom is 0.148 e. The molecule has 0 saturated carbocycles. The Kier molecular flexibility index (Phi) is 3.37. The third kappa shape index (κ3) is 2.87. The standard InChI is InChI=1S/C18H16N2O2/c1-2-7-15(8-3-1)20(12-17-13-21-17)19-11-16-10-14-6-4-5-9-18(14)22-16/h1-11,17H,12-13H2/b19-11+. The molecule has 1 fully saturated rings. The lowest BCUT2D eigenvalue weighted by molar-refractivity contribution is 0.408. The molecular weight excluding hydrogens is 276 g/mol. The number of rotatable bonds is 5. The summed E-state index contributed by atoms with van der Waals surface area (Å²) in [5.41, 5.74) is 1.92. The minimum absolute atomic E-state index is 0.271. The average molecular weight is 292 g/mol. The van der Waals surface area contributed by atoms with Crippen LogP contribution in [0.5, 0.6) is 0 Å². The Morgan fingerprint density at radius 3 is 2.64 bits per heavy atom. The van der Waals surface area contributed by atoms with Crippen LogP contribution >= 0.6 is 0 Å². The smallest absolute Gasteiger partial charge is 0.148 e. The zero-order valence-electron chi connectivity index (χ0n) is 12.1. The SMILES string of the molecule is C(=N\N(CC1CO1)c1ccccc1)/c1cc2ccccc2o1. The first-order chi connectivity index (χ1) is 10.9. The van der Waals surface area contributed by atoms with Gasteiger partial charge in [-0.15, -0.1) is 0 Å². The molecule has 0 radical (unpaired) electrons. The minimum atomic E-state index is 0.271. The molecule has 1 atom stereocenters. The summed E-state index contributed by atoms with van der Waals surface area (Å²) >= 11 is 0. The van der Waals surface area contributed by atoms with Crippen LogP contribution < -0.4 is 5.01 Å². The number of anilines is 1. The number of hydrogen-bond acceptors (Lipinski definition) is 4. The van der Waals surface area contributed by atoms with E-state index in [0.29, 0.717) is 0 Å². The fourth-order valence-corrected chi connectivity index (χ4v) is 2.38. The molecule has 0 spiro atoms. The van der Waals surface area contributed by atoms with E-state index in [4.69, 9.17) is 9.15 Å². The molecule has 110 valence electrons. The van der Waals surface area contributed by atoms with E-state index in [2.05, 4.69) is 5.10 Å². The van der Waals surface area contributed by atoms with Crippen LogP contribution in [0.3, 0.4) is 0 Å². The van der Waals surface area contributed by atoms with Crippen LogP contribution in [-0.2, 0) is 4.74 Å². The van der Waals surface area contributed by atoms with Gasteiger partial charge in [0.2, 0.25) is 0 Å². The number of ether oxygens (including phenoxy) is 1. The minimum Gasteiger partial charge on any atom is -0.455 e. The second-order valence-electron chi connectivity index (χ2n) is 5.30. The molecule has 2 heterocycles. The highest BCUT2D eigenvalue weighted by atomic mass is 16.6. The van der Waals surface area contributed by atoms with E-state index >= 15 is 0 Å². The normalized spacial score (nSPS) is 17.2. The molecule has 1 saturated heterocycles. The molecule has 0 N–H and O–H groups in total. The van der Waals surface area contributed by atoms with Crippen molar-refractivity contribution in [3.8, 4) is 0 Å². The highest BCUT2D eigenvalue weighted by Gasteiger charge is 2.25. The predicted octanol–water partition coefficient (Wildman–Crippen LogP) is 3.67. The van der Waals surface area contributed by atoms with Crippen LogP contribution in [0.2, 0.25) is 0 Å². The number of para-hydroxylation sites is 2. The van der Waals surface area contributed by atoms with Crippen molar-refractivity contribution in [2.45, 2.75) is 6.10 Å². The molecule has 0 aliphatic carbocycles. The monoisotopic (exact) mass is 292 g/mol. The first-order valence-electron chi connectivity index (χ1n) is 7.35. The molecule has 2 aromatic carbocycles. The number of epoxide rings is 1. The second kappa shape index (κ2) is 5.66. The van der Waals surface area contributed by atoms with Gasteiger partial charge in [0.25, 0.3) is 0 Å². The van der Waals surface area contributed by atoms with Gasteiger partial charge >= 0.3 is 0 Å². The second-order valence-corrected chi connectivity index (χ2v) is 5.30. The number of benzene rings is 2. The van der Waals surface area contributed by atoms with Crippen molar-refractivity contribution >= 4 is 22.9 Å². The van der Waals surface area contributed by atoms with E-state index in [9.17, 15) is 0 Å². The quantitative estimate of drug-likeness (QED) is 0.409. The number of furan rings is 1. The summed E-state index contributed by atoms with van der Waals surface area (Å²) in [5.74, 6) is 0.749. The highest BCUT2D eigenvalue weighted by molar-refractivity contribution is 5.87. The van der Waals surface area contributed by atoms with Crippen LogP contribution in [0.4, 0.5) is 5.69 Å². The third-order valence-corrected chi connectivity index (χ3v) is 3.60. The molecule has 0 bridgehead atoms. The summed E-state index contributed by atoms with van der Waals surface area (Å²) in [5, 5.41) is 7.61. The van der Waals surface area contributed by atoms with E-state index in [1.54, 1.807) is 6.21 Å². The lowest BCUT2D eigenvalue weighted by atomic mass is 10.2. The Morgan fingerprint density at radius 2 is 1.86 bits per heavy atom. The van der Waals surface area contributed by atoms with Gasteiger partial charge in [0, 0.05) is 5.39 Å². The predicted molar refractivity (Wildman–Crippen MR) is 87.3 cm³/mol. The van der Waals surface area contributed by atoms with Gasteiger partial charge in [-0.25, -0.2) is 0 Å². The Balaban J connectivity index is 1.59. The van der Waals surface area contributed by atoms with Crippen molar-refractivity contribution in [1.82, 2.24) is 0 Å². The summed E-state index contributed by atoms with van der Waals surface area (Å²) in [4.78, 5) is 0. The Morgan fingerprint density at radius 1 is 1.09 bits per heavy atom. The molecule has 1 unspecified atom stereocenters. The van der Waals surface area contributed by atoms with Gasteiger partial charge < -0.3 is 9.15 Å². The molecule has 1 aliphatic rings. The topological polar surface area (TPSA) is 41.3 Å². The summed E-state index contributed by atoms with van der Waals surface area (Å²) in [7, 11) is 0. The molecule has 4 rings (SSSR count). The van der Waals surface area contributed by atoms with Gasteiger partial charge in [0.1, 0.15) is 17.4 Å². The third-order valence-electron chi connectivity index (χ3n) is 3.60. The fourth-order valence-electron chi connectivity index (χ4n) is 2.38. The Labute approximate surface area is 128 Å². The first-order valence-corrected chi connectivity index (χ1v) is 7.35. The van der Waals surface area contributed by atoms with Crippen molar-refractivity contribution < 1.29 is 9.15 Å². The summed E-state index contributed by atoms with van der Waals surface area (Å²) in [6.45, 7) is 1.56. The van der Waals surface area contributed by atoms with Crippen molar-refractivity contribution in [2.75, 3.05) is 18.2 Å². The van der Waals surface area contributed by atoms with Crippen LogP contribution in [-0.4, -0.2) is 25.5 Å². The van der Waals surface area contributed by atoms with E-state index in [-0.39, 0.29) is 6.10 Å². The largest absolute Gasteiger partial charge is 0.455 e. The van der Waals surface area contributed by atoms with E-state index in [1.807, 2.05) is 65.7 Å². The molecule has 1 aromatic heterocycles. The fraction of sp³-hybridized carbons (Fsp3) is 0.167. The van der Waals surface area contributed by atoms with Gasteiger partial charge in [-0.05, 0) is 24.3 Å². The van der Waals surface area contributed by atoms with Crippen molar-refractivity contribution in [2.24, 2.45) is 5.10 Å². The van der Waals surface area contributed by atoms with E-state index < -0.39 is 0 Å². The van der Waals surface area contributed by atoms with Crippen LogP contribution in [0.25, 0.3) is 11.0 Å². The number of nitrogens with zero attached hydrogens (tertiary/aromatic N) is 2. The van der Waals surface area contributed by atoms with Crippen LogP contribution in [0.15, 0.2) is 70.2 Å². The molecule has 1 aliphatic heterocycles. The lowest BCUT2D eigenvalue weighted by Crippen LogP contribution is -2.22. The maximum atomic E-state index is 5.77. The summed E-state index contributed by atoms with van der Waals surface area (Å²) in [6.07, 6.45) is 2.03. The number of hydrogen-bond donors (Lipinski definition) is 0. The summed E-state index contributed by atoms with van der Waals surface area (Å²) in [6, 6.07) is 20.0. The van der Waals surface area contributed by atoms with Gasteiger partial charge in [-0.2, -0.15) is 5.10 Å². The van der Waals surface area contributed by atoms with Gasteiger partial charge in [-0.1, -0.05) is 36.4 Å². The number of hydrazone groups is 1. The zero-order chi connectivity index (χ0) is 14.8. The molecule has 22 heavy (non-hydrogen) atoms. The van der Waals surface area contributed by atoms with Crippen molar-refractivity contribution in [3.63, 3.8) is 0 Å². The lowest BCUT2D eigenvalue weighted by Gasteiger charge is -2.17. The Bertz CT molecular complexity index is 758.